The van der Waals surface area contributed by atoms with Crippen molar-refractivity contribution in [2.45, 2.75) is 0 Å². The topological polar surface area (TPSA) is 80.0 Å². The molecule has 1 aromatic rings. The molecule has 106 valence electrons. The second kappa shape index (κ2) is 9.18. The molecule has 0 aromatic heterocycles. The third kappa shape index (κ3) is 7.28. The molecule has 0 saturated carbocycles. The SMILES string of the molecule is COCCOCCOC(=O)COc1ccc(N)cc1. The minimum atomic E-state index is -0.438. The Bertz CT molecular complexity index is 366. The van der Waals surface area contributed by atoms with E-state index in [9.17, 15) is 4.79 Å². The molecule has 0 saturated heterocycles. The second-order valence-corrected chi connectivity index (χ2v) is 3.68. The number of methoxy groups -OCH3 is 1. The summed E-state index contributed by atoms with van der Waals surface area (Å²) in [5.74, 6) is 0.134. The van der Waals surface area contributed by atoms with E-state index in [2.05, 4.69) is 0 Å². The lowest BCUT2D eigenvalue weighted by Crippen LogP contribution is -2.18. The Morgan fingerprint density at radius 3 is 2.47 bits per heavy atom. The molecule has 0 unspecified atom stereocenters. The van der Waals surface area contributed by atoms with Crippen molar-refractivity contribution >= 4 is 11.7 Å². The Labute approximate surface area is 112 Å². The number of rotatable bonds is 9. The molecule has 0 aliphatic carbocycles. The molecule has 0 fully saturated rings. The average molecular weight is 269 g/mol. The van der Waals surface area contributed by atoms with Crippen LogP contribution in [0.1, 0.15) is 0 Å². The van der Waals surface area contributed by atoms with Gasteiger partial charge in [-0.3, -0.25) is 0 Å². The Hall–Kier alpha value is -1.79. The van der Waals surface area contributed by atoms with Crippen molar-refractivity contribution in [1.29, 1.82) is 0 Å². The van der Waals surface area contributed by atoms with Gasteiger partial charge >= 0.3 is 5.97 Å². The normalized spacial score (nSPS) is 10.2. The van der Waals surface area contributed by atoms with Crippen LogP contribution in [0.4, 0.5) is 5.69 Å². The molecule has 0 radical (unpaired) electrons. The van der Waals surface area contributed by atoms with Crippen LogP contribution in [0, 0.1) is 0 Å². The van der Waals surface area contributed by atoms with Crippen LogP contribution in [-0.4, -0.2) is 46.1 Å². The quantitative estimate of drug-likeness (QED) is 0.407. The molecule has 0 aliphatic rings. The van der Waals surface area contributed by atoms with E-state index in [0.29, 0.717) is 31.3 Å². The Morgan fingerprint density at radius 2 is 1.79 bits per heavy atom. The summed E-state index contributed by atoms with van der Waals surface area (Å²) in [4.78, 5) is 11.3. The van der Waals surface area contributed by atoms with Crippen LogP contribution in [0.25, 0.3) is 0 Å². The summed E-state index contributed by atoms with van der Waals surface area (Å²) in [5.41, 5.74) is 6.17. The Kier molecular flexibility index (Phi) is 7.38. The molecular formula is C13H19NO5. The van der Waals surface area contributed by atoms with E-state index in [1.165, 1.54) is 0 Å². The number of benzene rings is 1. The number of hydrogen-bond donors (Lipinski definition) is 1. The second-order valence-electron chi connectivity index (χ2n) is 3.68. The third-order valence-corrected chi connectivity index (χ3v) is 2.16. The van der Waals surface area contributed by atoms with Crippen molar-refractivity contribution < 1.29 is 23.7 Å². The standard InChI is InChI=1S/C13H19NO5/c1-16-6-7-17-8-9-18-13(15)10-19-12-4-2-11(14)3-5-12/h2-5H,6-10,14H2,1H3. The first-order valence-corrected chi connectivity index (χ1v) is 5.93. The van der Waals surface area contributed by atoms with Crippen molar-refractivity contribution in [2.24, 2.45) is 0 Å². The first-order valence-electron chi connectivity index (χ1n) is 5.93. The van der Waals surface area contributed by atoms with Crippen molar-refractivity contribution in [3.63, 3.8) is 0 Å². The Morgan fingerprint density at radius 1 is 1.11 bits per heavy atom. The van der Waals surface area contributed by atoms with Crippen molar-refractivity contribution in [3.05, 3.63) is 24.3 Å². The van der Waals surface area contributed by atoms with Crippen LogP contribution >= 0.6 is 0 Å². The fourth-order valence-corrected chi connectivity index (χ4v) is 1.21. The maximum absolute atomic E-state index is 11.3. The number of anilines is 1. The van der Waals surface area contributed by atoms with E-state index in [1.54, 1.807) is 31.4 Å². The van der Waals surface area contributed by atoms with Gasteiger partial charge in [-0.2, -0.15) is 0 Å². The molecule has 0 amide bonds. The predicted molar refractivity (Wildman–Crippen MR) is 70.0 cm³/mol. The van der Waals surface area contributed by atoms with E-state index in [-0.39, 0.29) is 13.2 Å². The summed E-state index contributed by atoms with van der Waals surface area (Å²) in [5, 5.41) is 0. The average Bonchev–Trinajstić information content (AvgIpc) is 2.42. The molecule has 19 heavy (non-hydrogen) atoms. The number of ether oxygens (including phenoxy) is 4. The molecule has 6 nitrogen and oxygen atoms in total. The summed E-state index contributed by atoms with van der Waals surface area (Å²) in [6.45, 7) is 1.41. The number of carbonyl (C=O) groups is 1. The highest BCUT2D eigenvalue weighted by Crippen LogP contribution is 2.12. The maximum atomic E-state index is 11.3. The summed E-state index contributed by atoms with van der Waals surface area (Å²) in [6.07, 6.45) is 0. The fourth-order valence-electron chi connectivity index (χ4n) is 1.21. The lowest BCUT2D eigenvalue weighted by molar-refractivity contribution is -0.147. The number of carbonyl (C=O) groups excluding carboxylic acids is 1. The number of nitrogens with two attached hydrogens (primary N) is 1. The molecule has 0 heterocycles. The highest BCUT2D eigenvalue weighted by atomic mass is 16.6. The van der Waals surface area contributed by atoms with Crippen molar-refractivity contribution in [3.8, 4) is 5.75 Å². The summed E-state index contributed by atoms with van der Waals surface area (Å²) >= 11 is 0. The van der Waals surface area contributed by atoms with Crippen LogP contribution in [0.5, 0.6) is 5.75 Å². The molecule has 0 spiro atoms. The van der Waals surface area contributed by atoms with Gasteiger partial charge in [-0.05, 0) is 24.3 Å². The minimum absolute atomic E-state index is 0.137. The van der Waals surface area contributed by atoms with Crippen molar-refractivity contribution in [1.82, 2.24) is 0 Å². The minimum Gasteiger partial charge on any atom is -0.482 e. The molecule has 1 rings (SSSR count). The summed E-state index contributed by atoms with van der Waals surface area (Å²) in [6, 6.07) is 6.78. The number of hydrogen-bond acceptors (Lipinski definition) is 6. The van der Waals surface area contributed by atoms with Gasteiger partial charge in [0.05, 0.1) is 19.8 Å². The number of esters is 1. The van der Waals surface area contributed by atoms with Crippen LogP contribution in [0.15, 0.2) is 24.3 Å². The molecule has 6 heteroatoms. The monoisotopic (exact) mass is 269 g/mol. The van der Waals surface area contributed by atoms with Gasteiger partial charge in [-0.25, -0.2) is 4.79 Å². The van der Waals surface area contributed by atoms with Gasteiger partial charge < -0.3 is 24.7 Å². The van der Waals surface area contributed by atoms with Crippen LogP contribution in [0.2, 0.25) is 0 Å². The van der Waals surface area contributed by atoms with Gasteiger partial charge in [0.1, 0.15) is 12.4 Å². The van der Waals surface area contributed by atoms with Gasteiger partial charge in [0.25, 0.3) is 0 Å². The van der Waals surface area contributed by atoms with Crippen LogP contribution in [0.3, 0.4) is 0 Å². The first-order chi connectivity index (χ1) is 9.22. The van der Waals surface area contributed by atoms with E-state index in [1.807, 2.05) is 0 Å². The zero-order valence-corrected chi connectivity index (χ0v) is 11.0. The highest BCUT2D eigenvalue weighted by Gasteiger charge is 2.04. The number of nitrogen functional groups attached to an aromatic ring is 1. The van der Waals surface area contributed by atoms with E-state index < -0.39 is 5.97 Å². The molecule has 2 N–H and O–H groups in total. The fraction of sp³-hybridized carbons (Fsp3) is 0.462. The summed E-state index contributed by atoms with van der Waals surface area (Å²) in [7, 11) is 1.60. The van der Waals surface area contributed by atoms with Gasteiger partial charge in [0.15, 0.2) is 6.61 Å². The van der Waals surface area contributed by atoms with E-state index >= 15 is 0 Å². The smallest absolute Gasteiger partial charge is 0.344 e. The van der Waals surface area contributed by atoms with Gasteiger partial charge in [-0.1, -0.05) is 0 Å². The van der Waals surface area contributed by atoms with E-state index in [0.717, 1.165) is 0 Å². The zero-order chi connectivity index (χ0) is 13.9. The van der Waals surface area contributed by atoms with Gasteiger partial charge in [0, 0.05) is 12.8 Å². The first kappa shape index (κ1) is 15.3. The third-order valence-electron chi connectivity index (χ3n) is 2.16. The zero-order valence-electron chi connectivity index (χ0n) is 11.0. The molecule has 0 bridgehead atoms. The van der Waals surface area contributed by atoms with E-state index in [4.69, 9.17) is 24.7 Å². The lowest BCUT2D eigenvalue weighted by Gasteiger charge is -2.07. The largest absolute Gasteiger partial charge is 0.482 e. The van der Waals surface area contributed by atoms with Gasteiger partial charge in [0.2, 0.25) is 0 Å². The molecular weight excluding hydrogens is 250 g/mol. The predicted octanol–water partition coefficient (Wildman–Crippen LogP) is 0.854. The maximum Gasteiger partial charge on any atom is 0.344 e. The summed E-state index contributed by atoms with van der Waals surface area (Å²) < 4.78 is 20.1. The highest BCUT2D eigenvalue weighted by molar-refractivity contribution is 5.71. The van der Waals surface area contributed by atoms with Crippen LogP contribution < -0.4 is 10.5 Å². The Balaban J connectivity index is 2.06. The molecule has 1 aromatic carbocycles. The van der Waals surface area contributed by atoms with Gasteiger partial charge in [-0.15, -0.1) is 0 Å². The lowest BCUT2D eigenvalue weighted by atomic mass is 10.3. The molecule has 0 atom stereocenters. The molecule has 0 aliphatic heterocycles. The van der Waals surface area contributed by atoms with Crippen LogP contribution in [-0.2, 0) is 19.0 Å². The van der Waals surface area contributed by atoms with Crippen molar-refractivity contribution in [2.75, 3.05) is 45.9 Å².